The highest BCUT2D eigenvalue weighted by Gasteiger charge is 2.39. The van der Waals surface area contributed by atoms with Crippen molar-refractivity contribution in [2.45, 2.75) is 30.6 Å². The van der Waals surface area contributed by atoms with Crippen LogP contribution in [0, 0.1) is 0 Å². The van der Waals surface area contributed by atoms with Crippen molar-refractivity contribution in [1.82, 2.24) is 0 Å². The van der Waals surface area contributed by atoms with E-state index in [1.807, 2.05) is 23.9 Å². The van der Waals surface area contributed by atoms with Crippen molar-refractivity contribution in [3.05, 3.63) is 21.3 Å². The summed E-state index contributed by atoms with van der Waals surface area (Å²) in [5.41, 5.74) is -0.515. The van der Waals surface area contributed by atoms with Crippen LogP contribution in [0.3, 0.4) is 0 Å². The molecule has 2 unspecified atom stereocenters. The van der Waals surface area contributed by atoms with E-state index in [0.717, 1.165) is 22.9 Å². The Bertz CT molecular complexity index is 326. The maximum absolute atomic E-state index is 10.4. The lowest BCUT2D eigenvalue weighted by Gasteiger charge is -2.25. The van der Waals surface area contributed by atoms with Crippen molar-refractivity contribution in [2.75, 3.05) is 5.75 Å². The molecule has 0 bridgehead atoms. The first-order valence-electron chi connectivity index (χ1n) is 4.68. The van der Waals surface area contributed by atoms with Gasteiger partial charge in [0, 0.05) is 16.5 Å². The zero-order valence-corrected chi connectivity index (χ0v) is 10.4. The first-order valence-corrected chi connectivity index (χ1v) is 6.93. The molecule has 78 valence electrons. The largest absolute Gasteiger partial charge is 0.388 e. The Morgan fingerprint density at radius 2 is 2.43 bits per heavy atom. The molecule has 4 heteroatoms. The summed E-state index contributed by atoms with van der Waals surface area (Å²) in [4.78, 5) is 1.19. The minimum Gasteiger partial charge on any atom is -0.388 e. The molecule has 0 aliphatic carbocycles. The average Bonchev–Trinajstić information content (AvgIpc) is 2.62. The van der Waals surface area contributed by atoms with Gasteiger partial charge in [0.05, 0.1) is 9.94 Å². The highest BCUT2D eigenvalue weighted by molar-refractivity contribution is 8.00. The average molecular weight is 249 g/mol. The molecule has 0 amide bonds. The molecule has 1 saturated heterocycles. The van der Waals surface area contributed by atoms with Gasteiger partial charge in [-0.2, -0.15) is 11.8 Å². The highest BCUT2D eigenvalue weighted by Crippen LogP contribution is 2.39. The van der Waals surface area contributed by atoms with Crippen molar-refractivity contribution >= 4 is 34.7 Å². The van der Waals surface area contributed by atoms with Gasteiger partial charge in [0.2, 0.25) is 0 Å². The molecule has 1 N–H and O–H groups in total. The summed E-state index contributed by atoms with van der Waals surface area (Å²) in [5, 5.41) is 10.7. The normalized spacial score (nSPS) is 32.4. The molecule has 0 aromatic carbocycles. The van der Waals surface area contributed by atoms with Crippen LogP contribution in [0.15, 0.2) is 12.1 Å². The fourth-order valence-electron chi connectivity index (χ4n) is 1.75. The minimum atomic E-state index is -0.515. The number of aliphatic hydroxyl groups is 1. The molecule has 2 atom stereocenters. The fourth-order valence-corrected chi connectivity index (χ4v) is 4.29. The van der Waals surface area contributed by atoms with Crippen LogP contribution in [0.2, 0.25) is 4.34 Å². The SMILES string of the molecule is CC1SCCC1(O)Cc1ccc(Cl)s1. The van der Waals surface area contributed by atoms with Gasteiger partial charge in [-0.25, -0.2) is 0 Å². The van der Waals surface area contributed by atoms with E-state index in [-0.39, 0.29) is 0 Å². The summed E-state index contributed by atoms with van der Waals surface area (Å²) in [6.07, 6.45) is 1.65. The molecule has 1 aliphatic heterocycles. The van der Waals surface area contributed by atoms with Crippen molar-refractivity contribution in [1.29, 1.82) is 0 Å². The number of hydrogen-bond donors (Lipinski definition) is 1. The van der Waals surface area contributed by atoms with Gasteiger partial charge in [0.1, 0.15) is 0 Å². The first kappa shape index (κ1) is 10.8. The summed E-state index contributed by atoms with van der Waals surface area (Å²) in [5.74, 6) is 1.07. The van der Waals surface area contributed by atoms with Crippen molar-refractivity contribution in [3.63, 3.8) is 0 Å². The van der Waals surface area contributed by atoms with Crippen LogP contribution in [0.1, 0.15) is 18.2 Å². The Morgan fingerprint density at radius 1 is 1.64 bits per heavy atom. The third kappa shape index (κ3) is 2.11. The van der Waals surface area contributed by atoms with Crippen molar-refractivity contribution in [2.24, 2.45) is 0 Å². The second kappa shape index (κ2) is 4.05. The number of hydrogen-bond acceptors (Lipinski definition) is 3. The topological polar surface area (TPSA) is 20.2 Å². The molecule has 0 radical (unpaired) electrons. The van der Waals surface area contributed by atoms with Gasteiger partial charge < -0.3 is 5.11 Å². The van der Waals surface area contributed by atoms with Crippen LogP contribution in [-0.2, 0) is 6.42 Å². The molecule has 1 nitrogen and oxygen atoms in total. The van der Waals surface area contributed by atoms with Crippen LogP contribution >= 0.6 is 34.7 Å². The summed E-state index contributed by atoms with van der Waals surface area (Å²) < 4.78 is 0.807. The Labute approximate surface area is 97.5 Å². The van der Waals surface area contributed by atoms with Crippen LogP contribution in [0.25, 0.3) is 0 Å². The predicted molar refractivity (Wildman–Crippen MR) is 64.5 cm³/mol. The number of thioether (sulfide) groups is 1. The van der Waals surface area contributed by atoms with Crippen LogP contribution in [0.5, 0.6) is 0 Å². The van der Waals surface area contributed by atoms with E-state index in [1.54, 1.807) is 11.3 Å². The monoisotopic (exact) mass is 248 g/mol. The maximum atomic E-state index is 10.4. The minimum absolute atomic E-state index is 0.336. The van der Waals surface area contributed by atoms with E-state index in [0.29, 0.717) is 5.25 Å². The van der Waals surface area contributed by atoms with Gasteiger partial charge >= 0.3 is 0 Å². The summed E-state index contributed by atoms with van der Waals surface area (Å²) >= 11 is 9.28. The van der Waals surface area contributed by atoms with E-state index >= 15 is 0 Å². The lowest BCUT2D eigenvalue weighted by molar-refractivity contribution is 0.0472. The molecule has 0 spiro atoms. The Hall–Kier alpha value is 0.300. The lowest BCUT2D eigenvalue weighted by Crippen LogP contribution is -2.36. The number of rotatable bonds is 2. The van der Waals surface area contributed by atoms with Crippen molar-refractivity contribution in [3.8, 4) is 0 Å². The Morgan fingerprint density at radius 3 is 2.93 bits per heavy atom. The van der Waals surface area contributed by atoms with Gasteiger partial charge in [-0.3, -0.25) is 0 Å². The molecule has 1 aliphatic rings. The molecular weight excluding hydrogens is 236 g/mol. The standard InChI is InChI=1S/C10H13ClOS2/c1-7-10(12,4-5-13-7)6-8-2-3-9(11)14-8/h2-3,7,12H,4-6H2,1H3. The molecule has 1 aromatic rings. The van der Waals surface area contributed by atoms with E-state index < -0.39 is 5.60 Å². The Kier molecular flexibility index (Phi) is 3.12. The smallest absolute Gasteiger partial charge is 0.0931 e. The molecule has 1 aromatic heterocycles. The van der Waals surface area contributed by atoms with Gasteiger partial charge in [-0.1, -0.05) is 18.5 Å². The second-order valence-electron chi connectivity index (χ2n) is 3.75. The predicted octanol–water partition coefficient (Wildman–Crippen LogP) is 3.20. The maximum Gasteiger partial charge on any atom is 0.0931 e. The van der Waals surface area contributed by atoms with Gasteiger partial charge in [0.15, 0.2) is 0 Å². The summed E-state index contributed by atoms with van der Waals surface area (Å²) in [6.45, 7) is 2.10. The highest BCUT2D eigenvalue weighted by atomic mass is 35.5. The lowest BCUT2D eigenvalue weighted by atomic mass is 9.93. The third-order valence-corrected chi connectivity index (χ3v) is 5.38. The summed E-state index contributed by atoms with van der Waals surface area (Å²) in [7, 11) is 0. The van der Waals surface area contributed by atoms with Gasteiger partial charge in [-0.05, 0) is 24.3 Å². The van der Waals surface area contributed by atoms with Gasteiger partial charge in [0.25, 0.3) is 0 Å². The van der Waals surface area contributed by atoms with E-state index in [2.05, 4.69) is 6.92 Å². The molecular formula is C10H13ClOS2. The molecule has 2 rings (SSSR count). The van der Waals surface area contributed by atoms with E-state index in [9.17, 15) is 5.11 Å². The van der Waals surface area contributed by atoms with Crippen LogP contribution < -0.4 is 0 Å². The summed E-state index contributed by atoms with van der Waals surface area (Å²) in [6, 6.07) is 3.92. The van der Waals surface area contributed by atoms with Crippen LogP contribution in [-0.4, -0.2) is 21.7 Å². The fraction of sp³-hybridized carbons (Fsp3) is 0.600. The number of halogens is 1. The van der Waals surface area contributed by atoms with Crippen LogP contribution in [0.4, 0.5) is 0 Å². The molecule has 2 heterocycles. The quantitative estimate of drug-likeness (QED) is 0.868. The first-order chi connectivity index (χ1) is 6.60. The number of thiophene rings is 1. The third-order valence-electron chi connectivity index (χ3n) is 2.77. The molecule has 0 saturated carbocycles. The van der Waals surface area contributed by atoms with Crippen molar-refractivity contribution < 1.29 is 5.11 Å². The Balaban J connectivity index is 2.10. The second-order valence-corrected chi connectivity index (χ2v) is 7.00. The van der Waals surface area contributed by atoms with E-state index in [1.165, 1.54) is 4.88 Å². The molecule has 14 heavy (non-hydrogen) atoms. The zero-order valence-electron chi connectivity index (χ0n) is 8.00. The van der Waals surface area contributed by atoms with Gasteiger partial charge in [-0.15, -0.1) is 11.3 Å². The zero-order chi connectivity index (χ0) is 10.2. The van der Waals surface area contributed by atoms with E-state index in [4.69, 9.17) is 11.6 Å². The molecule has 1 fully saturated rings.